The zero-order valence-corrected chi connectivity index (χ0v) is 16.0. The molecule has 0 radical (unpaired) electrons. The molecule has 0 unspecified atom stereocenters. The Morgan fingerprint density at radius 1 is 1.00 bits per heavy atom. The van der Waals surface area contributed by atoms with E-state index in [0.29, 0.717) is 28.6 Å². The van der Waals surface area contributed by atoms with E-state index in [1.807, 2.05) is 12.1 Å². The molecular formula is C21H15ClF3N3O. The molecule has 0 aliphatic heterocycles. The first-order chi connectivity index (χ1) is 13.8. The van der Waals surface area contributed by atoms with E-state index in [1.54, 1.807) is 43.3 Å². The fraction of sp³-hybridized carbons (Fsp3) is 0.143. The maximum Gasteiger partial charge on any atom is 0.433 e. The molecule has 0 spiro atoms. The summed E-state index contributed by atoms with van der Waals surface area (Å²) < 4.78 is 46.9. The number of benzene rings is 2. The van der Waals surface area contributed by atoms with Crippen molar-refractivity contribution in [3.8, 4) is 17.0 Å². The molecule has 0 atom stereocenters. The van der Waals surface area contributed by atoms with Crippen molar-refractivity contribution in [1.82, 2.24) is 14.6 Å². The SMILES string of the molecule is Cc1cc2nc(-c3ccc(OCc4ccc(Cl)cc4)cc3)cc(C(F)(F)F)n2n1. The number of hydrogen-bond acceptors (Lipinski definition) is 3. The molecule has 8 heteroatoms. The molecule has 4 rings (SSSR count). The van der Waals surface area contributed by atoms with Gasteiger partial charge in [-0.3, -0.25) is 0 Å². The highest BCUT2D eigenvalue weighted by atomic mass is 35.5. The van der Waals surface area contributed by atoms with E-state index in [4.69, 9.17) is 16.3 Å². The van der Waals surface area contributed by atoms with Gasteiger partial charge in [0.2, 0.25) is 0 Å². The van der Waals surface area contributed by atoms with Gasteiger partial charge in [0.05, 0.1) is 11.4 Å². The second kappa shape index (κ2) is 7.40. The van der Waals surface area contributed by atoms with Crippen LogP contribution in [0.5, 0.6) is 5.75 Å². The Labute approximate surface area is 169 Å². The Hall–Kier alpha value is -3.06. The van der Waals surface area contributed by atoms with Crippen molar-refractivity contribution in [2.24, 2.45) is 0 Å². The van der Waals surface area contributed by atoms with Gasteiger partial charge in [-0.1, -0.05) is 23.7 Å². The molecule has 0 saturated carbocycles. The molecule has 0 saturated heterocycles. The third-order valence-corrected chi connectivity index (χ3v) is 4.56. The molecule has 148 valence electrons. The number of hydrogen-bond donors (Lipinski definition) is 0. The second-order valence-corrected chi connectivity index (χ2v) is 6.96. The van der Waals surface area contributed by atoms with Crippen molar-refractivity contribution in [3.05, 3.63) is 82.6 Å². The molecule has 4 aromatic rings. The van der Waals surface area contributed by atoms with E-state index in [-0.39, 0.29) is 11.3 Å². The summed E-state index contributed by atoms with van der Waals surface area (Å²) in [6.45, 7) is 1.98. The van der Waals surface area contributed by atoms with E-state index in [1.165, 1.54) is 6.07 Å². The second-order valence-electron chi connectivity index (χ2n) is 6.52. The molecular weight excluding hydrogens is 403 g/mol. The van der Waals surface area contributed by atoms with Crippen LogP contribution < -0.4 is 4.74 Å². The van der Waals surface area contributed by atoms with Crippen LogP contribution in [0.4, 0.5) is 13.2 Å². The lowest BCUT2D eigenvalue weighted by molar-refractivity contribution is -0.142. The number of ether oxygens (including phenoxy) is 1. The largest absolute Gasteiger partial charge is 0.489 e. The number of halogens is 4. The average Bonchev–Trinajstić information content (AvgIpc) is 3.06. The fourth-order valence-corrected chi connectivity index (χ4v) is 3.03. The molecule has 2 heterocycles. The zero-order valence-electron chi connectivity index (χ0n) is 15.2. The average molecular weight is 418 g/mol. The first kappa shape index (κ1) is 19.3. The molecule has 0 bridgehead atoms. The van der Waals surface area contributed by atoms with E-state index >= 15 is 0 Å². The number of nitrogens with zero attached hydrogens (tertiary/aromatic N) is 3. The molecule has 0 aliphatic carbocycles. The normalized spacial score (nSPS) is 11.8. The molecule has 2 aromatic carbocycles. The van der Waals surface area contributed by atoms with E-state index in [9.17, 15) is 13.2 Å². The molecule has 2 aromatic heterocycles. The van der Waals surface area contributed by atoms with Crippen LogP contribution in [0.1, 0.15) is 17.0 Å². The van der Waals surface area contributed by atoms with E-state index < -0.39 is 11.9 Å². The Kier molecular flexibility index (Phi) is 4.92. The van der Waals surface area contributed by atoms with Crippen molar-refractivity contribution in [2.75, 3.05) is 0 Å². The highest BCUT2D eigenvalue weighted by Crippen LogP contribution is 2.32. The number of rotatable bonds is 4. The summed E-state index contributed by atoms with van der Waals surface area (Å²) in [7, 11) is 0. The maximum atomic E-state index is 13.5. The van der Waals surface area contributed by atoms with Crippen LogP contribution >= 0.6 is 11.6 Å². The summed E-state index contributed by atoms with van der Waals surface area (Å²) in [4.78, 5) is 4.32. The van der Waals surface area contributed by atoms with Gasteiger partial charge in [-0.25, -0.2) is 9.50 Å². The number of aromatic nitrogens is 3. The van der Waals surface area contributed by atoms with Crippen LogP contribution in [0.2, 0.25) is 5.02 Å². The summed E-state index contributed by atoms with van der Waals surface area (Å²) in [5.74, 6) is 0.598. The number of aryl methyl sites for hydroxylation is 1. The van der Waals surface area contributed by atoms with Gasteiger partial charge < -0.3 is 4.74 Å². The lowest BCUT2D eigenvalue weighted by Crippen LogP contribution is -2.13. The van der Waals surface area contributed by atoms with Crippen LogP contribution in [-0.2, 0) is 12.8 Å². The van der Waals surface area contributed by atoms with E-state index in [0.717, 1.165) is 16.1 Å². The maximum absolute atomic E-state index is 13.5. The summed E-state index contributed by atoms with van der Waals surface area (Å²) in [5.41, 5.74) is 1.47. The van der Waals surface area contributed by atoms with Crippen LogP contribution in [-0.4, -0.2) is 14.6 Å². The quantitative estimate of drug-likeness (QED) is 0.411. The predicted molar refractivity (Wildman–Crippen MR) is 104 cm³/mol. The van der Waals surface area contributed by atoms with Crippen molar-refractivity contribution < 1.29 is 17.9 Å². The van der Waals surface area contributed by atoms with Gasteiger partial charge in [-0.05, 0) is 55.0 Å². The van der Waals surface area contributed by atoms with Gasteiger partial charge in [0.1, 0.15) is 12.4 Å². The Morgan fingerprint density at radius 2 is 1.69 bits per heavy atom. The highest BCUT2D eigenvalue weighted by molar-refractivity contribution is 6.30. The molecule has 0 aliphatic rings. The Bertz CT molecular complexity index is 1150. The minimum Gasteiger partial charge on any atom is -0.489 e. The highest BCUT2D eigenvalue weighted by Gasteiger charge is 2.35. The first-order valence-corrected chi connectivity index (χ1v) is 9.10. The van der Waals surface area contributed by atoms with Gasteiger partial charge in [-0.15, -0.1) is 0 Å². The van der Waals surface area contributed by atoms with Gasteiger partial charge in [0, 0.05) is 16.7 Å². The summed E-state index contributed by atoms with van der Waals surface area (Å²) in [5, 5.41) is 4.54. The summed E-state index contributed by atoms with van der Waals surface area (Å²) in [6, 6.07) is 16.6. The van der Waals surface area contributed by atoms with Crippen LogP contribution in [0.25, 0.3) is 16.9 Å². The third-order valence-electron chi connectivity index (χ3n) is 4.31. The van der Waals surface area contributed by atoms with Gasteiger partial charge in [0.15, 0.2) is 11.3 Å². The molecule has 4 nitrogen and oxygen atoms in total. The minimum absolute atomic E-state index is 0.149. The van der Waals surface area contributed by atoms with Crippen LogP contribution in [0.3, 0.4) is 0 Å². The predicted octanol–water partition coefficient (Wildman–Crippen LogP) is 5.96. The summed E-state index contributed by atoms with van der Waals surface area (Å²) >= 11 is 5.86. The number of fused-ring (bicyclic) bond motifs is 1. The lowest BCUT2D eigenvalue weighted by Gasteiger charge is -2.11. The molecule has 0 fully saturated rings. The smallest absolute Gasteiger partial charge is 0.433 e. The van der Waals surface area contributed by atoms with Gasteiger partial charge >= 0.3 is 6.18 Å². The Balaban J connectivity index is 1.60. The van der Waals surface area contributed by atoms with Crippen molar-refractivity contribution >= 4 is 17.2 Å². The minimum atomic E-state index is -4.55. The summed E-state index contributed by atoms with van der Waals surface area (Å²) in [6.07, 6.45) is -4.55. The molecule has 0 N–H and O–H groups in total. The number of alkyl halides is 3. The van der Waals surface area contributed by atoms with Gasteiger partial charge in [0.25, 0.3) is 0 Å². The van der Waals surface area contributed by atoms with Crippen molar-refractivity contribution in [2.45, 2.75) is 19.7 Å². The third kappa shape index (κ3) is 4.19. The first-order valence-electron chi connectivity index (χ1n) is 8.72. The van der Waals surface area contributed by atoms with Crippen molar-refractivity contribution in [3.63, 3.8) is 0 Å². The monoisotopic (exact) mass is 417 g/mol. The molecule has 0 amide bonds. The fourth-order valence-electron chi connectivity index (χ4n) is 2.91. The van der Waals surface area contributed by atoms with Crippen LogP contribution in [0, 0.1) is 6.92 Å². The Morgan fingerprint density at radius 3 is 2.34 bits per heavy atom. The standard InChI is InChI=1S/C21H15ClF3N3O/c1-13-10-20-26-18(11-19(21(23,24)25)28(20)27-13)15-4-8-17(9-5-15)29-12-14-2-6-16(22)7-3-14/h2-11H,12H2,1H3. The van der Waals surface area contributed by atoms with Crippen LogP contribution in [0.15, 0.2) is 60.7 Å². The topological polar surface area (TPSA) is 39.4 Å². The van der Waals surface area contributed by atoms with Gasteiger partial charge in [-0.2, -0.15) is 18.3 Å². The van der Waals surface area contributed by atoms with Crippen molar-refractivity contribution in [1.29, 1.82) is 0 Å². The lowest BCUT2D eigenvalue weighted by atomic mass is 10.1. The molecule has 29 heavy (non-hydrogen) atoms. The van der Waals surface area contributed by atoms with E-state index in [2.05, 4.69) is 10.1 Å². The zero-order chi connectivity index (χ0) is 20.6.